The van der Waals surface area contributed by atoms with Gasteiger partial charge in [0.1, 0.15) is 0 Å². The lowest BCUT2D eigenvalue weighted by atomic mass is 9.76. The van der Waals surface area contributed by atoms with E-state index in [1.165, 1.54) is 12.8 Å². The fourth-order valence-corrected chi connectivity index (χ4v) is 4.04. The first-order valence-electron chi connectivity index (χ1n) is 6.92. The van der Waals surface area contributed by atoms with Crippen LogP contribution in [0.1, 0.15) is 24.7 Å². The van der Waals surface area contributed by atoms with E-state index in [-0.39, 0.29) is 11.7 Å². The molecule has 1 aromatic carbocycles. The summed E-state index contributed by atoms with van der Waals surface area (Å²) in [6.07, 6.45) is 7.09. The van der Waals surface area contributed by atoms with Crippen molar-refractivity contribution in [2.45, 2.75) is 19.1 Å². The van der Waals surface area contributed by atoms with E-state index in [0.29, 0.717) is 5.92 Å². The highest BCUT2D eigenvalue weighted by molar-refractivity contribution is 9.10. The Morgan fingerprint density at radius 1 is 1.05 bits per heavy atom. The lowest BCUT2D eigenvalue weighted by Crippen LogP contribution is -2.41. The molecule has 1 saturated heterocycles. The van der Waals surface area contributed by atoms with Gasteiger partial charge in [0.2, 0.25) is 0 Å². The zero-order valence-corrected chi connectivity index (χ0v) is 12.3. The molecule has 0 amide bonds. The summed E-state index contributed by atoms with van der Waals surface area (Å²) in [6, 6.07) is 8.19. The van der Waals surface area contributed by atoms with E-state index in [4.69, 9.17) is 9.47 Å². The Hall–Kier alpha value is -0.640. The lowest BCUT2D eigenvalue weighted by molar-refractivity contribution is -0.239. The molecule has 1 aliphatic heterocycles. The summed E-state index contributed by atoms with van der Waals surface area (Å²) in [5.74, 6) is 1.43. The molecule has 3 aliphatic rings. The second-order valence-corrected chi connectivity index (χ2v) is 6.97. The molecule has 1 heterocycles. The number of rotatable bonds is 1. The van der Waals surface area contributed by atoms with E-state index < -0.39 is 0 Å². The predicted molar refractivity (Wildman–Crippen MR) is 76.6 cm³/mol. The van der Waals surface area contributed by atoms with Crippen molar-refractivity contribution >= 4 is 15.9 Å². The summed E-state index contributed by atoms with van der Waals surface area (Å²) in [5, 5.41) is 0. The molecule has 2 bridgehead atoms. The molecule has 4 rings (SSSR count). The molecule has 0 N–H and O–H groups in total. The van der Waals surface area contributed by atoms with Crippen molar-refractivity contribution in [1.82, 2.24) is 0 Å². The van der Waals surface area contributed by atoms with E-state index in [9.17, 15) is 0 Å². The lowest BCUT2D eigenvalue weighted by Gasteiger charge is -2.41. The minimum atomic E-state index is -0.193. The molecule has 100 valence electrons. The Kier molecular flexibility index (Phi) is 2.83. The van der Waals surface area contributed by atoms with E-state index >= 15 is 0 Å². The predicted octanol–water partition coefficient (Wildman–Crippen LogP) is 4.08. The molecular weight excluding hydrogens is 304 g/mol. The van der Waals surface area contributed by atoms with Gasteiger partial charge in [-0.2, -0.15) is 0 Å². The fraction of sp³-hybridized carbons (Fsp3) is 0.500. The molecule has 2 nitrogen and oxygen atoms in total. The van der Waals surface area contributed by atoms with E-state index in [0.717, 1.165) is 29.2 Å². The van der Waals surface area contributed by atoms with Gasteiger partial charge >= 0.3 is 0 Å². The number of hydrogen-bond acceptors (Lipinski definition) is 2. The van der Waals surface area contributed by atoms with Gasteiger partial charge in [-0.3, -0.25) is 0 Å². The molecule has 0 unspecified atom stereocenters. The first-order chi connectivity index (χ1) is 9.25. The van der Waals surface area contributed by atoms with Gasteiger partial charge in [-0.15, -0.1) is 0 Å². The smallest absolute Gasteiger partial charge is 0.183 e. The topological polar surface area (TPSA) is 18.5 Å². The Labute approximate surface area is 121 Å². The fourth-order valence-electron chi connectivity index (χ4n) is 3.77. The Bertz CT molecular complexity index is 500. The quantitative estimate of drug-likeness (QED) is 0.726. The average Bonchev–Trinajstić information content (AvgIpc) is 3.02. The molecule has 3 heteroatoms. The molecule has 0 aromatic heterocycles. The zero-order chi connectivity index (χ0) is 12.9. The Morgan fingerprint density at radius 2 is 1.79 bits per heavy atom. The van der Waals surface area contributed by atoms with Crippen molar-refractivity contribution in [2.24, 2.45) is 17.3 Å². The molecule has 0 radical (unpaired) electrons. The normalized spacial score (nSPS) is 40.2. The van der Waals surface area contributed by atoms with Gasteiger partial charge in [0.15, 0.2) is 6.29 Å². The van der Waals surface area contributed by atoms with Crippen molar-refractivity contribution in [3.63, 3.8) is 0 Å². The Morgan fingerprint density at radius 3 is 2.37 bits per heavy atom. The van der Waals surface area contributed by atoms with Gasteiger partial charge in [-0.1, -0.05) is 40.2 Å². The third-order valence-electron chi connectivity index (χ3n) is 4.81. The zero-order valence-electron chi connectivity index (χ0n) is 10.7. The summed E-state index contributed by atoms with van der Waals surface area (Å²) >= 11 is 3.45. The average molecular weight is 321 g/mol. The highest BCUT2D eigenvalue weighted by Crippen LogP contribution is 2.54. The summed E-state index contributed by atoms with van der Waals surface area (Å²) < 4.78 is 13.1. The summed E-state index contributed by atoms with van der Waals surface area (Å²) in [5.41, 5.74) is 1.36. The largest absolute Gasteiger partial charge is 0.348 e. The van der Waals surface area contributed by atoms with Gasteiger partial charge in [-0.25, -0.2) is 0 Å². The first kappa shape index (κ1) is 12.1. The Balaban J connectivity index is 1.48. The monoisotopic (exact) mass is 320 g/mol. The van der Waals surface area contributed by atoms with Gasteiger partial charge in [0.05, 0.1) is 13.2 Å². The van der Waals surface area contributed by atoms with Crippen molar-refractivity contribution < 1.29 is 9.47 Å². The highest BCUT2D eigenvalue weighted by Gasteiger charge is 2.51. The molecule has 19 heavy (non-hydrogen) atoms. The standard InChI is InChI=1S/C16H17BrO2/c17-14-5-2-12(3-6-14)15-18-9-16(10-19-15)8-11-1-4-13(16)7-11/h1-6,11,13,15H,7-10H2/t11-,13+,15?,16?/m0/s1. The van der Waals surface area contributed by atoms with Crippen LogP contribution >= 0.6 is 15.9 Å². The first-order valence-corrected chi connectivity index (χ1v) is 7.71. The van der Waals surface area contributed by atoms with E-state index in [2.05, 4.69) is 40.2 Å². The number of halogens is 1. The van der Waals surface area contributed by atoms with Gasteiger partial charge < -0.3 is 9.47 Å². The number of ether oxygens (including phenoxy) is 2. The van der Waals surface area contributed by atoms with Crippen molar-refractivity contribution in [2.75, 3.05) is 13.2 Å². The van der Waals surface area contributed by atoms with Gasteiger partial charge in [0, 0.05) is 15.5 Å². The highest BCUT2D eigenvalue weighted by atomic mass is 79.9. The number of allylic oxidation sites excluding steroid dienone is 2. The van der Waals surface area contributed by atoms with Crippen LogP contribution in [0.25, 0.3) is 0 Å². The number of fused-ring (bicyclic) bond motifs is 3. The van der Waals surface area contributed by atoms with Crippen LogP contribution in [0.4, 0.5) is 0 Å². The minimum Gasteiger partial charge on any atom is -0.348 e. The number of benzene rings is 1. The molecule has 1 spiro atoms. The molecule has 1 saturated carbocycles. The third-order valence-corrected chi connectivity index (χ3v) is 5.34. The second kappa shape index (κ2) is 4.44. The van der Waals surface area contributed by atoms with Crippen molar-refractivity contribution in [3.05, 3.63) is 46.5 Å². The summed E-state index contributed by atoms with van der Waals surface area (Å²) in [4.78, 5) is 0. The molecule has 1 aromatic rings. The summed E-state index contributed by atoms with van der Waals surface area (Å²) in [7, 11) is 0. The van der Waals surface area contributed by atoms with Gasteiger partial charge in [-0.05, 0) is 36.8 Å². The molecule has 2 fully saturated rings. The summed E-state index contributed by atoms with van der Waals surface area (Å²) in [6.45, 7) is 1.67. The van der Waals surface area contributed by atoms with Crippen molar-refractivity contribution in [1.29, 1.82) is 0 Å². The van der Waals surface area contributed by atoms with Crippen LogP contribution in [0.2, 0.25) is 0 Å². The van der Waals surface area contributed by atoms with E-state index in [1.54, 1.807) is 0 Å². The van der Waals surface area contributed by atoms with Crippen LogP contribution in [0.3, 0.4) is 0 Å². The van der Waals surface area contributed by atoms with Crippen LogP contribution in [0.15, 0.2) is 40.9 Å². The van der Waals surface area contributed by atoms with Crippen LogP contribution < -0.4 is 0 Å². The molecular formula is C16H17BrO2. The second-order valence-electron chi connectivity index (χ2n) is 6.06. The molecule has 2 aliphatic carbocycles. The SMILES string of the molecule is Brc1ccc(C2OCC3(CO2)C[C@H]2C=C[C@@H]3C2)cc1. The maximum atomic E-state index is 6.02. The number of hydrogen-bond donors (Lipinski definition) is 0. The third kappa shape index (κ3) is 1.99. The maximum absolute atomic E-state index is 6.02. The van der Waals surface area contributed by atoms with E-state index in [1.807, 2.05) is 12.1 Å². The maximum Gasteiger partial charge on any atom is 0.183 e. The molecule has 2 atom stereocenters. The van der Waals surface area contributed by atoms with Crippen LogP contribution in [0.5, 0.6) is 0 Å². The van der Waals surface area contributed by atoms with Crippen LogP contribution in [-0.4, -0.2) is 13.2 Å². The van der Waals surface area contributed by atoms with Crippen LogP contribution in [-0.2, 0) is 9.47 Å². The van der Waals surface area contributed by atoms with Crippen molar-refractivity contribution in [3.8, 4) is 0 Å². The van der Waals surface area contributed by atoms with Gasteiger partial charge in [0.25, 0.3) is 0 Å². The minimum absolute atomic E-state index is 0.193. The van der Waals surface area contributed by atoms with Crippen LogP contribution in [0, 0.1) is 17.3 Å².